The minimum absolute atomic E-state index is 0.240. The van der Waals surface area contributed by atoms with E-state index in [1.165, 1.54) is 6.42 Å². The van der Waals surface area contributed by atoms with E-state index in [0.29, 0.717) is 0 Å². The highest BCUT2D eigenvalue weighted by Gasteiger charge is 2.27. The molecule has 2 atom stereocenters. The average molecular weight is 246 g/mol. The highest BCUT2D eigenvalue weighted by atomic mass is 16.1. The minimum Gasteiger partial charge on any atom is -0.368 e. The van der Waals surface area contributed by atoms with Gasteiger partial charge in [-0.3, -0.25) is 9.69 Å². The second-order valence-electron chi connectivity index (χ2n) is 5.29. The second-order valence-corrected chi connectivity index (χ2v) is 5.29. The van der Waals surface area contributed by atoms with Gasteiger partial charge in [-0.1, -0.05) is 37.3 Å². The van der Waals surface area contributed by atoms with Crippen LogP contribution in [0.25, 0.3) is 0 Å². The van der Waals surface area contributed by atoms with Crippen molar-refractivity contribution in [1.29, 1.82) is 0 Å². The SMILES string of the molecule is C[C@@H]1CCCN([C@@H](C(N)=O)c2ccccc2)CC1. The van der Waals surface area contributed by atoms with Crippen LogP contribution in [0.1, 0.15) is 37.8 Å². The number of carbonyl (C=O) groups excluding carboxylic acids is 1. The van der Waals surface area contributed by atoms with Gasteiger partial charge in [-0.05, 0) is 43.8 Å². The van der Waals surface area contributed by atoms with Crippen molar-refractivity contribution in [3.8, 4) is 0 Å². The van der Waals surface area contributed by atoms with Crippen LogP contribution in [-0.4, -0.2) is 23.9 Å². The first kappa shape index (κ1) is 13.1. The zero-order valence-electron chi connectivity index (χ0n) is 11.0. The van der Waals surface area contributed by atoms with Crippen LogP contribution in [0.5, 0.6) is 0 Å². The molecule has 18 heavy (non-hydrogen) atoms. The van der Waals surface area contributed by atoms with Crippen LogP contribution < -0.4 is 5.73 Å². The molecule has 1 aliphatic rings. The number of rotatable bonds is 3. The number of likely N-dealkylation sites (tertiary alicyclic amines) is 1. The van der Waals surface area contributed by atoms with Gasteiger partial charge in [0, 0.05) is 0 Å². The predicted molar refractivity (Wildman–Crippen MR) is 73.0 cm³/mol. The first-order valence-electron chi connectivity index (χ1n) is 6.77. The van der Waals surface area contributed by atoms with Gasteiger partial charge in [0.2, 0.25) is 5.91 Å². The lowest BCUT2D eigenvalue weighted by molar-refractivity contribution is -0.123. The summed E-state index contributed by atoms with van der Waals surface area (Å²) in [4.78, 5) is 14.0. The summed E-state index contributed by atoms with van der Waals surface area (Å²) in [5.41, 5.74) is 6.62. The molecule has 98 valence electrons. The quantitative estimate of drug-likeness (QED) is 0.889. The van der Waals surface area contributed by atoms with Crippen molar-refractivity contribution in [2.45, 2.75) is 32.2 Å². The summed E-state index contributed by atoms with van der Waals surface area (Å²) in [6, 6.07) is 9.60. The molecule has 0 saturated carbocycles. The van der Waals surface area contributed by atoms with Gasteiger partial charge in [0.05, 0.1) is 0 Å². The van der Waals surface area contributed by atoms with E-state index >= 15 is 0 Å². The molecule has 0 spiro atoms. The fourth-order valence-corrected chi connectivity index (χ4v) is 2.73. The maximum Gasteiger partial charge on any atom is 0.239 e. The second kappa shape index (κ2) is 6.01. The van der Waals surface area contributed by atoms with Gasteiger partial charge in [-0.15, -0.1) is 0 Å². The Kier molecular flexibility index (Phi) is 4.37. The van der Waals surface area contributed by atoms with Crippen LogP contribution in [0, 0.1) is 5.92 Å². The van der Waals surface area contributed by atoms with Crippen LogP contribution in [0.4, 0.5) is 0 Å². The number of benzene rings is 1. The monoisotopic (exact) mass is 246 g/mol. The molecule has 2 N–H and O–H groups in total. The zero-order chi connectivity index (χ0) is 13.0. The summed E-state index contributed by atoms with van der Waals surface area (Å²) in [6.07, 6.45) is 3.55. The van der Waals surface area contributed by atoms with E-state index in [0.717, 1.165) is 37.4 Å². The topological polar surface area (TPSA) is 46.3 Å². The van der Waals surface area contributed by atoms with Crippen LogP contribution in [-0.2, 0) is 4.79 Å². The molecule has 3 nitrogen and oxygen atoms in total. The summed E-state index contributed by atoms with van der Waals surface area (Å²) in [5, 5.41) is 0. The van der Waals surface area contributed by atoms with Gasteiger partial charge < -0.3 is 5.73 Å². The first-order valence-corrected chi connectivity index (χ1v) is 6.77. The molecule has 0 aliphatic carbocycles. The standard InChI is InChI=1S/C15H22N2O/c1-12-6-5-10-17(11-9-12)14(15(16)18)13-7-3-2-4-8-13/h2-4,7-8,12,14H,5-6,9-11H2,1H3,(H2,16,18)/t12-,14-/m1/s1. The number of hydrogen-bond donors (Lipinski definition) is 1. The van der Waals surface area contributed by atoms with Gasteiger partial charge in [0.25, 0.3) is 0 Å². The van der Waals surface area contributed by atoms with Crippen molar-refractivity contribution in [3.05, 3.63) is 35.9 Å². The van der Waals surface area contributed by atoms with E-state index in [9.17, 15) is 4.79 Å². The molecular weight excluding hydrogens is 224 g/mol. The van der Waals surface area contributed by atoms with Crippen LogP contribution >= 0.6 is 0 Å². The van der Waals surface area contributed by atoms with Crippen molar-refractivity contribution in [3.63, 3.8) is 0 Å². The fourth-order valence-electron chi connectivity index (χ4n) is 2.73. The normalized spacial score (nSPS) is 23.3. The lowest BCUT2D eigenvalue weighted by atomic mass is 10.0. The van der Waals surface area contributed by atoms with Gasteiger partial charge in [0.1, 0.15) is 6.04 Å². The molecule has 0 radical (unpaired) electrons. The Labute approximate surface area is 109 Å². The van der Waals surface area contributed by atoms with Crippen LogP contribution in [0.3, 0.4) is 0 Å². The van der Waals surface area contributed by atoms with Crippen molar-refractivity contribution >= 4 is 5.91 Å². The number of carbonyl (C=O) groups is 1. The van der Waals surface area contributed by atoms with Crippen molar-refractivity contribution in [2.75, 3.05) is 13.1 Å². The van der Waals surface area contributed by atoms with Gasteiger partial charge in [0.15, 0.2) is 0 Å². The predicted octanol–water partition coefficient (Wildman–Crippen LogP) is 2.33. The van der Waals surface area contributed by atoms with Gasteiger partial charge >= 0.3 is 0 Å². The number of nitrogens with two attached hydrogens (primary N) is 1. The molecule has 2 rings (SSSR count). The Morgan fingerprint density at radius 2 is 2.00 bits per heavy atom. The number of primary amides is 1. The lowest BCUT2D eigenvalue weighted by Crippen LogP contribution is -2.38. The fraction of sp³-hybridized carbons (Fsp3) is 0.533. The third-order valence-corrected chi connectivity index (χ3v) is 3.80. The number of amides is 1. The molecule has 0 unspecified atom stereocenters. The Morgan fingerprint density at radius 3 is 2.67 bits per heavy atom. The van der Waals surface area contributed by atoms with E-state index in [4.69, 9.17) is 5.73 Å². The summed E-state index contributed by atoms with van der Waals surface area (Å²) >= 11 is 0. The Balaban J connectivity index is 2.17. The molecule has 0 aromatic heterocycles. The van der Waals surface area contributed by atoms with Gasteiger partial charge in [-0.25, -0.2) is 0 Å². The third-order valence-electron chi connectivity index (χ3n) is 3.80. The smallest absolute Gasteiger partial charge is 0.239 e. The summed E-state index contributed by atoms with van der Waals surface area (Å²) < 4.78 is 0. The summed E-state index contributed by atoms with van der Waals surface area (Å²) in [6.45, 7) is 4.21. The lowest BCUT2D eigenvalue weighted by Gasteiger charge is -2.28. The van der Waals surface area contributed by atoms with E-state index in [1.807, 2.05) is 30.3 Å². The largest absolute Gasteiger partial charge is 0.368 e. The first-order chi connectivity index (χ1) is 8.68. The van der Waals surface area contributed by atoms with Crippen molar-refractivity contribution in [1.82, 2.24) is 4.90 Å². The van der Waals surface area contributed by atoms with E-state index < -0.39 is 0 Å². The summed E-state index contributed by atoms with van der Waals surface area (Å²) in [5.74, 6) is 0.509. The summed E-state index contributed by atoms with van der Waals surface area (Å²) in [7, 11) is 0. The van der Waals surface area contributed by atoms with Gasteiger partial charge in [-0.2, -0.15) is 0 Å². The highest BCUT2D eigenvalue weighted by molar-refractivity contribution is 5.81. The average Bonchev–Trinajstić information content (AvgIpc) is 2.56. The molecule has 1 amide bonds. The minimum atomic E-state index is -0.267. The maximum atomic E-state index is 11.8. The molecule has 1 aliphatic heterocycles. The van der Waals surface area contributed by atoms with E-state index in [2.05, 4.69) is 11.8 Å². The number of nitrogens with zero attached hydrogens (tertiary/aromatic N) is 1. The Bertz CT molecular complexity index is 391. The molecule has 1 saturated heterocycles. The third kappa shape index (κ3) is 3.10. The Morgan fingerprint density at radius 1 is 1.28 bits per heavy atom. The van der Waals surface area contributed by atoms with E-state index in [1.54, 1.807) is 0 Å². The molecule has 3 heteroatoms. The molecule has 1 aromatic rings. The van der Waals surface area contributed by atoms with Crippen molar-refractivity contribution < 1.29 is 4.79 Å². The number of hydrogen-bond acceptors (Lipinski definition) is 2. The maximum absolute atomic E-state index is 11.8. The molecule has 0 bridgehead atoms. The van der Waals surface area contributed by atoms with Crippen molar-refractivity contribution in [2.24, 2.45) is 11.7 Å². The van der Waals surface area contributed by atoms with E-state index in [-0.39, 0.29) is 11.9 Å². The Hall–Kier alpha value is -1.35. The zero-order valence-corrected chi connectivity index (χ0v) is 11.0. The molecule has 1 fully saturated rings. The van der Waals surface area contributed by atoms with Crippen LogP contribution in [0.15, 0.2) is 30.3 Å². The molecule has 1 heterocycles. The molecular formula is C15H22N2O. The highest BCUT2D eigenvalue weighted by Crippen LogP contribution is 2.25. The molecule has 1 aromatic carbocycles. The van der Waals surface area contributed by atoms with Crippen LogP contribution in [0.2, 0.25) is 0 Å².